The second kappa shape index (κ2) is 9.30. The molecule has 0 aliphatic carbocycles. The molecule has 5 nitrogen and oxygen atoms in total. The summed E-state index contributed by atoms with van der Waals surface area (Å²) in [4.78, 5) is 13.9. The topological polar surface area (TPSA) is 48.0 Å². The van der Waals surface area contributed by atoms with Crippen LogP contribution in [-0.2, 0) is 19.0 Å². The van der Waals surface area contributed by atoms with Crippen molar-refractivity contribution in [1.82, 2.24) is 4.90 Å². The highest BCUT2D eigenvalue weighted by Crippen LogP contribution is 2.17. The third kappa shape index (κ3) is 5.33. The smallest absolute Gasteiger partial charge is 0.323 e. The first-order chi connectivity index (χ1) is 8.79. The first-order valence-corrected chi connectivity index (χ1v) is 6.77. The van der Waals surface area contributed by atoms with E-state index in [-0.39, 0.29) is 12.0 Å². The molecule has 0 amide bonds. The summed E-state index contributed by atoms with van der Waals surface area (Å²) in [5.41, 5.74) is 0. The van der Waals surface area contributed by atoms with Crippen molar-refractivity contribution in [3.8, 4) is 0 Å². The highest BCUT2D eigenvalue weighted by atomic mass is 16.5. The normalized spacial score (nSPS) is 20.2. The van der Waals surface area contributed by atoms with Gasteiger partial charge in [-0.15, -0.1) is 0 Å². The summed E-state index contributed by atoms with van der Waals surface area (Å²) in [6.45, 7) is 6.18. The van der Waals surface area contributed by atoms with Crippen molar-refractivity contribution in [3.05, 3.63) is 0 Å². The first kappa shape index (κ1) is 15.4. The fraction of sp³-hybridized carbons (Fsp3) is 0.923. The van der Waals surface area contributed by atoms with E-state index in [1.54, 1.807) is 7.11 Å². The number of hydrogen-bond acceptors (Lipinski definition) is 5. The highest BCUT2D eigenvalue weighted by molar-refractivity contribution is 5.76. The largest absolute Gasteiger partial charge is 0.465 e. The zero-order chi connectivity index (χ0) is 13.2. The van der Waals surface area contributed by atoms with Crippen molar-refractivity contribution in [2.45, 2.75) is 32.2 Å². The van der Waals surface area contributed by atoms with Gasteiger partial charge in [-0.1, -0.05) is 0 Å². The molecule has 1 aliphatic rings. The highest BCUT2D eigenvalue weighted by Gasteiger charge is 2.31. The summed E-state index contributed by atoms with van der Waals surface area (Å²) >= 11 is 0. The number of carbonyl (C=O) groups is 1. The molecule has 1 rings (SSSR count). The van der Waals surface area contributed by atoms with Crippen LogP contribution in [0.3, 0.4) is 0 Å². The van der Waals surface area contributed by atoms with Crippen LogP contribution in [0.2, 0.25) is 0 Å². The minimum absolute atomic E-state index is 0.0625. The molecule has 18 heavy (non-hydrogen) atoms. The zero-order valence-electron chi connectivity index (χ0n) is 11.5. The van der Waals surface area contributed by atoms with Gasteiger partial charge in [-0.2, -0.15) is 0 Å². The molecular formula is C13H25NO4. The maximum Gasteiger partial charge on any atom is 0.323 e. The lowest BCUT2D eigenvalue weighted by Gasteiger charge is -2.22. The van der Waals surface area contributed by atoms with E-state index >= 15 is 0 Å². The average molecular weight is 259 g/mol. The van der Waals surface area contributed by atoms with E-state index in [2.05, 4.69) is 4.90 Å². The van der Waals surface area contributed by atoms with Crippen LogP contribution in [0.4, 0.5) is 0 Å². The van der Waals surface area contributed by atoms with Crippen LogP contribution in [0.5, 0.6) is 0 Å². The van der Waals surface area contributed by atoms with Gasteiger partial charge < -0.3 is 14.2 Å². The monoisotopic (exact) mass is 259 g/mol. The fourth-order valence-corrected chi connectivity index (χ4v) is 2.19. The Kier molecular flexibility index (Phi) is 7.96. The van der Waals surface area contributed by atoms with E-state index < -0.39 is 0 Å². The molecule has 1 fully saturated rings. The van der Waals surface area contributed by atoms with Gasteiger partial charge in [0.25, 0.3) is 0 Å². The molecule has 0 saturated carbocycles. The molecule has 0 spiro atoms. The summed E-state index contributed by atoms with van der Waals surface area (Å²) in [5, 5.41) is 0. The molecule has 1 unspecified atom stereocenters. The van der Waals surface area contributed by atoms with E-state index in [0.717, 1.165) is 39.0 Å². The molecule has 106 valence electrons. The lowest BCUT2D eigenvalue weighted by atomic mass is 10.2. The van der Waals surface area contributed by atoms with Crippen molar-refractivity contribution >= 4 is 5.97 Å². The number of hydrogen-bond donors (Lipinski definition) is 0. The van der Waals surface area contributed by atoms with Crippen LogP contribution in [0.1, 0.15) is 26.2 Å². The van der Waals surface area contributed by atoms with Gasteiger partial charge in [0.1, 0.15) is 6.04 Å². The summed E-state index contributed by atoms with van der Waals surface area (Å²) in [6.07, 6.45) is 2.88. The van der Waals surface area contributed by atoms with Crippen LogP contribution < -0.4 is 0 Å². The minimum atomic E-state index is -0.0885. The summed E-state index contributed by atoms with van der Waals surface area (Å²) in [7, 11) is 1.69. The third-order valence-electron chi connectivity index (χ3n) is 3.08. The van der Waals surface area contributed by atoms with Crippen molar-refractivity contribution in [1.29, 1.82) is 0 Å². The van der Waals surface area contributed by atoms with Crippen molar-refractivity contribution in [2.75, 3.05) is 46.6 Å². The van der Waals surface area contributed by atoms with Crippen LogP contribution in [-0.4, -0.2) is 63.5 Å². The molecule has 0 aromatic carbocycles. The van der Waals surface area contributed by atoms with Gasteiger partial charge >= 0.3 is 5.97 Å². The van der Waals surface area contributed by atoms with Crippen LogP contribution in [0.15, 0.2) is 0 Å². The molecule has 0 aromatic heterocycles. The Morgan fingerprint density at radius 2 is 2.17 bits per heavy atom. The lowest BCUT2D eigenvalue weighted by molar-refractivity contribution is -0.148. The molecular weight excluding hydrogens is 234 g/mol. The molecule has 1 saturated heterocycles. The number of ether oxygens (including phenoxy) is 3. The Balaban J connectivity index is 2.14. The number of esters is 1. The molecule has 1 atom stereocenters. The Labute approximate surface area is 109 Å². The van der Waals surface area contributed by atoms with Gasteiger partial charge in [-0.25, -0.2) is 0 Å². The van der Waals surface area contributed by atoms with Crippen molar-refractivity contribution in [2.24, 2.45) is 0 Å². The molecule has 0 N–H and O–H groups in total. The van der Waals surface area contributed by atoms with E-state index in [1.807, 2.05) is 6.92 Å². The molecule has 0 radical (unpaired) electrons. The predicted octanol–water partition coefficient (Wildman–Crippen LogP) is 1.07. The molecule has 1 aliphatic heterocycles. The SMILES string of the molecule is CCOC(=O)C1CCCN1CCOCCCOC. The number of carbonyl (C=O) groups excluding carboxylic acids is 1. The summed E-state index contributed by atoms with van der Waals surface area (Å²) in [5.74, 6) is -0.0885. The number of likely N-dealkylation sites (tertiary alicyclic amines) is 1. The maximum atomic E-state index is 11.7. The molecule has 1 heterocycles. The average Bonchev–Trinajstić information content (AvgIpc) is 2.82. The van der Waals surface area contributed by atoms with Gasteiger partial charge in [0.15, 0.2) is 0 Å². The quantitative estimate of drug-likeness (QED) is 0.458. The summed E-state index contributed by atoms with van der Waals surface area (Å²) < 4.78 is 15.5. The van der Waals surface area contributed by atoms with Crippen LogP contribution >= 0.6 is 0 Å². The Morgan fingerprint density at radius 1 is 1.33 bits per heavy atom. The third-order valence-corrected chi connectivity index (χ3v) is 3.08. The van der Waals surface area contributed by atoms with Gasteiger partial charge in [0.05, 0.1) is 13.2 Å². The zero-order valence-corrected chi connectivity index (χ0v) is 11.5. The second-order valence-corrected chi connectivity index (χ2v) is 4.40. The first-order valence-electron chi connectivity index (χ1n) is 6.77. The predicted molar refractivity (Wildman–Crippen MR) is 68.5 cm³/mol. The van der Waals surface area contributed by atoms with E-state index in [1.165, 1.54) is 0 Å². The fourth-order valence-electron chi connectivity index (χ4n) is 2.19. The van der Waals surface area contributed by atoms with Crippen molar-refractivity contribution in [3.63, 3.8) is 0 Å². The van der Waals surface area contributed by atoms with Crippen LogP contribution in [0, 0.1) is 0 Å². The maximum absolute atomic E-state index is 11.7. The number of methoxy groups -OCH3 is 1. The van der Waals surface area contributed by atoms with Crippen LogP contribution in [0.25, 0.3) is 0 Å². The standard InChI is InChI=1S/C13H25NO4/c1-3-18-13(15)12-6-4-7-14(12)8-11-17-10-5-9-16-2/h12H,3-11H2,1-2H3. The lowest BCUT2D eigenvalue weighted by Crippen LogP contribution is -2.39. The second-order valence-electron chi connectivity index (χ2n) is 4.40. The Hall–Kier alpha value is -0.650. The van der Waals surface area contributed by atoms with E-state index in [4.69, 9.17) is 14.2 Å². The molecule has 0 aromatic rings. The van der Waals surface area contributed by atoms with Crippen molar-refractivity contribution < 1.29 is 19.0 Å². The summed E-state index contributed by atoms with van der Waals surface area (Å²) in [6, 6.07) is -0.0625. The Morgan fingerprint density at radius 3 is 2.89 bits per heavy atom. The van der Waals surface area contributed by atoms with E-state index in [9.17, 15) is 4.79 Å². The van der Waals surface area contributed by atoms with Gasteiger partial charge in [0.2, 0.25) is 0 Å². The Bertz CT molecular complexity index is 235. The number of nitrogens with zero attached hydrogens (tertiary/aromatic N) is 1. The van der Waals surface area contributed by atoms with Gasteiger partial charge in [-0.05, 0) is 32.7 Å². The van der Waals surface area contributed by atoms with E-state index in [0.29, 0.717) is 19.8 Å². The minimum Gasteiger partial charge on any atom is -0.465 e. The number of rotatable bonds is 9. The molecule has 0 bridgehead atoms. The van der Waals surface area contributed by atoms with Gasteiger partial charge in [0, 0.05) is 26.9 Å². The molecule has 5 heteroatoms. The van der Waals surface area contributed by atoms with Gasteiger partial charge in [-0.3, -0.25) is 9.69 Å².